The first-order valence-electron chi connectivity index (χ1n) is 13.9. The highest BCUT2D eigenvalue weighted by Gasteiger charge is 2.36. The van der Waals surface area contributed by atoms with Gasteiger partial charge in [0.15, 0.2) is 0 Å². The number of alkyl halides is 2. The maximum atomic E-state index is 14.3. The summed E-state index contributed by atoms with van der Waals surface area (Å²) in [6, 6.07) is 7.81. The van der Waals surface area contributed by atoms with Gasteiger partial charge in [-0.3, -0.25) is 14.6 Å². The largest absolute Gasteiger partial charge is 0.353 e. The smallest absolute Gasteiger partial charge is 0.248 e. The monoisotopic (exact) mass is 544 g/mol. The number of nitrogens with zero attached hydrogens (tertiary/aromatic N) is 2. The standard InChI is InChI=1S/C30H39F3N4O2/c1-29(2,3)21-6-8-24(9-7-21)37(28(39)25-5-4-16-35-25)26(20-17-22(31)19-34-18-20)10-11-27(38)36-23-12-14-30(32,33)15-13-23/h6-9,17-19,23,25-26,35H,4-5,10-16H2,1-3H3,(H,36,38)/t25-,26?/m1/s1. The normalized spacial score (nSPS) is 20.4. The minimum atomic E-state index is -2.67. The van der Waals surface area contributed by atoms with Crippen LogP contribution >= 0.6 is 0 Å². The molecule has 9 heteroatoms. The second kappa shape index (κ2) is 12.1. The van der Waals surface area contributed by atoms with Crippen LogP contribution in [0.1, 0.15) is 89.3 Å². The molecule has 1 unspecified atom stereocenters. The molecule has 2 aliphatic rings. The number of hydrogen-bond acceptors (Lipinski definition) is 4. The minimum absolute atomic E-state index is 0.0516. The highest BCUT2D eigenvalue weighted by atomic mass is 19.3. The number of anilines is 1. The summed E-state index contributed by atoms with van der Waals surface area (Å²) in [6.07, 6.45) is 4.46. The quantitative estimate of drug-likeness (QED) is 0.439. The Morgan fingerprint density at radius 3 is 2.41 bits per heavy atom. The first-order valence-corrected chi connectivity index (χ1v) is 13.9. The number of pyridine rings is 1. The molecule has 0 bridgehead atoms. The molecule has 1 aliphatic carbocycles. The summed E-state index contributed by atoms with van der Waals surface area (Å²) in [4.78, 5) is 32.5. The zero-order chi connectivity index (χ0) is 28.2. The molecule has 2 amide bonds. The summed E-state index contributed by atoms with van der Waals surface area (Å²) in [6.45, 7) is 7.07. The van der Waals surface area contributed by atoms with Crippen molar-refractivity contribution >= 4 is 17.5 Å². The van der Waals surface area contributed by atoms with Crippen molar-refractivity contribution < 1.29 is 22.8 Å². The van der Waals surface area contributed by atoms with Gasteiger partial charge in [-0.15, -0.1) is 0 Å². The number of hydrogen-bond donors (Lipinski definition) is 2. The van der Waals surface area contributed by atoms with E-state index in [9.17, 15) is 22.8 Å². The zero-order valence-corrected chi connectivity index (χ0v) is 23.0. The van der Waals surface area contributed by atoms with E-state index in [1.165, 1.54) is 12.3 Å². The lowest BCUT2D eigenvalue weighted by molar-refractivity contribution is -0.124. The van der Waals surface area contributed by atoms with Crippen LogP contribution in [0.2, 0.25) is 0 Å². The van der Waals surface area contributed by atoms with Crippen molar-refractivity contribution in [3.05, 3.63) is 59.7 Å². The first-order chi connectivity index (χ1) is 18.4. The van der Waals surface area contributed by atoms with Crippen molar-refractivity contribution in [2.75, 3.05) is 11.4 Å². The molecule has 1 aromatic carbocycles. The molecule has 2 heterocycles. The van der Waals surface area contributed by atoms with E-state index in [0.29, 0.717) is 17.7 Å². The SMILES string of the molecule is CC(C)(C)c1ccc(N(C(=O)[C@H]2CCCN2)C(CCC(=O)NC2CCC(F)(F)CC2)c2cncc(F)c2)cc1. The lowest BCUT2D eigenvalue weighted by atomic mass is 9.87. The fourth-order valence-corrected chi connectivity index (χ4v) is 5.45. The van der Waals surface area contributed by atoms with E-state index in [-0.39, 0.29) is 67.8 Å². The van der Waals surface area contributed by atoms with E-state index in [4.69, 9.17) is 0 Å². The van der Waals surface area contributed by atoms with Crippen LogP contribution in [0.3, 0.4) is 0 Å². The van der Waals surface area contributed by atoms with Gasteiger partial charge in [-0.2, -0.15) is 0 Å². The summed E-state index contributed by atoms with van der Waals surface area (Å²) in [5.41, 5.74) is 2.18. The van der Waals surface area contributed by atoms with Gasteiger partial charge in [0.1, 0.15) is 5.82 Å². The van der Waals surface area contributed by atoms with Gasteiger partial charge in [0.2, 0.25) is 17.7 Å². The Morgan fingerprint density at radius 1 is 1.13 bits per heavy atom. The van der Waals surface area contributed by atoms with Crippen LogP contribution in [0.25, 0.3) is 0 Å². The number of carbonyl (C=O) groups is 2. The van der Waals surface area contributed by atoms with E-state index >= 15 is 0 Å². The van der Waals surface area contributed by atoms with Gasteiger partial charge in [0.05, 0.1) is 18.3 Å². The van der Waals surface area contributed by atoms with Crippen molar-refractivity contribution in [2.45, 2.75) is 102 Å². The Bertz CT molecular complexity index is 1130. The number of halogens is 3. The second-order valence-corrected chi connectivity index (χ2v) is 11.8. The molecule has 2 N–H and O–H groups in total. The van der Waals surface area contributed by atoms with Gasteiger partial charge in [-0.05, 0) is 73.4 Å². The zero-order valence-electron chi connectivity index (χ0n) is 23.0. The number of benzene rings is 1. The predicted octanol–water partition coefficient (Wildman–Crippen LogP) is 5.82. The van der Waals surface area contributed by atoms with E-state index < -0.39 is 17.8 Å². The first kappa shape index (κ1) is 29.1. The summed E-state index contributed by atoms with van der Waals surface area (Å²) >= 11 is 0. The molecule has 2 atom stereocenters. The average molecular weight is 545 g/mol. The van der Waals surface area contributed by atoms with E-state index in [1.807, 2.05) is 24.3 Å². The van der Waals surface area contributed by atoms with Crippen LogP contribution in [0.4, 0.5) is 18.9 Å². The van der Waals surface area contributed by atoms with Gasteiger partial charge in [-0.1, -0.05) is 32.9 Å². The summed E-state index contributed by atoms with van der Waals surface area (Å²) in [5, 5.41) is 6.15. The lowest BCUT2D eigenvalue weighted by Crippen LogP contribution is -2.46. The van der Waals surface area contributed by atoms with Crippen LogP contribution < -0.4 is 15.5 Å². The Morgan fingerprint density at radius 2 is 1.82 bits per heavy atom. The third kappa shape index (κ3) is 7.59. The molecular weight excluding hydrogens is 505 g/mol. The summed E-state index contributed by atoms with van der Waals surface area (Å²) in [5.74, 6) is -3.61. The molecule has 2 aromatic rings. The number of nitrogens with one attached hydrogen (secondary N) is 2. The molecule has 2 fully saturated rings. The molecule has 1 saturated heterocycles. The Kier molecular flexibility index (Phi) is 8.99. The number of rotatable bonds is 8. The third-order valence-corrected chi connectivity index (χ3v) is 7.76. The highest BCUT2D eigenvalue weighted by Crippen LogP contribution is 2.35. The highest BCUT2D eigenvalue weighted by molar-refractivity contribution is 5.98. The van der Waals surface area contributed by atoms with E-state index in [0.717, 1.165) is 24.7 Å². The van der Waals surface area contributed by atoms with Crippen LogP contribution in [0, 0.1) is 5.82 Å². The molecule has 39 heavy (non-hydrogen) atoms. The average Bonchev–Trinajstić information content (AvgIpc) is 3.42. The molecule has 1 aromatic heterocycles. The third-order valence-electron chi connectivity index (χ3n) is 7.76. The lowest BCUT2D eigenvalue weighted by Gasteiger charge is -2.35. The van der Waals surface area contributed by atoms with Crippen LogP contribution in [-0.4, -0.2) is 41.3 Å². The molecule has 0 radical (unpaired) electrons. The molecule has 0 spiro atoms. The summed E-state index contributed by atoms with van der Waals surface area (Å²) in [7, 11) is 0. The minimum Gasteiger partial charge on any atom is -0.353 e. The Hall–Kier alpha value is -2.94. The van der Waals surface area contributed by atoms with E-state index in [1.54, 1.807) is 4.90 Å². The van der Waals surface area contributed by atoms with Crippen molar-refractivity contribution in [2.24, 2.45) is 0 Å². The van der Waals surface area contributed by atoms with Crippen molar-refractivity contribution in [1.29, 1.82) is 0 Å². The van der Waals surface area contributed by atoms with Gasteiger partial charge in [0, 0.05) is 37.2 Å². The maximum absolute atomic E-state index is 14.3. The molecule has 212 valence electrons. The van der Waals surface area contributed by atoms with Crippen molar-refractivity contribution in [3.8, 4) is 0 Å². The number of carbonyl (C=O) groups excluding carboxylic acids is 2. The van der Waals surface area contributed by atoms with Gasteiger partial charge >= 0.3 is 0 Å². The molecule has 4 rings (SSSR count). The fourth-order valence-electron chi connectivity index (χ4n) is 5.45. The fraction of sp³-hybridized carbons (Fsp3) is 0.567. The Labute approximate surface area is 228 Å². The molecular formula is C30H39F3N4O2. The predicted molar refractivity (Wildman–Crippen MR) is 145 cm³/mol. The van der Waals surface area contributed by atoms with Gasteiger partial charge < -0.3 is 15.5 Å². The van der Waals surface area contributed by atoms with Crippen LogP contribution in [0.5, 0.6) is 0 Å². The van der Waals surface area contributed by atoms with Gasteiger partial charge in [0.25, 0.3) is 0 Å². The number of amides is 2. The molecule has 1 aliphatic heterocycles. The van der Waals surface area contributed by atoms with Crippen molar-refractivity contribution in [3.63, 3.8) is 0 Å². The molecule has 6 nitrogen and oxygen atoms in total. The molecule has 1 saturated carbocycles. The van der Waals surface area contributed by atoms with Gasteiger partial charge in [-0.25, -0.2) is 13.2 Å². The van der Waals surface area contributed by atoms with Crippen molar-refractivity contribution in [1.82, 2.24) is 15.6 Å². The number of aromatic nitrogens is 1. The topological polar surface area (TPSA) is 74.3 Å². The second-order valence-electron chi connectivity index (χ2n) is 11.8. The Balaban J connectivity index is 1.61. The summed E-state index contributed by atoms with van der Waals surface area (Å²) < 4.78 is 41.4. The van der Waals surface area contributed by atoms with Crippen LogP contribution in [-0.2, 0) is 15.0 Å². The maximum Gasteiger partial charge on any atom is 0.248 e. The van der Waals surface area contributed by atoms with E-state index in [2.05, 4.69) is 36.4 Å². The van der Waals surface area contributed by atoms with Crippen LogP contribution in [0.15, 0.2) is 42.7 Å².